The van der Waals surface area contributed by atoms with Crippen molar-refractivity contribution >= 4 is 13.2 Å². The molecular formula is C4H10BNO. The monoisotopic (exact) mass is 99.1 g/mol. The smallest absolute Gasteiger partial charge is 0.212 e. The van der Waals surface area contributed by atoms with Crippen molar-refractivity contribution < 1.29 is 4.79 Å². The normalized spacial score (nSPS) is 7.71. The number of carbonyl (C=O) groups is 1. The van der Waals surface area contributed by atoms with E-state index in [0.717, 1.165) is 7.28 Å². The van der Waals surface area contributed by atoms with Crippen molar-refractivity contribution in [3.05, 3.63) is 0 Å². The molecule has 0 bridgehead atoms. The SMILES string of the molecule is CBCC(=O)NC. The first-order chi connectivity index (χ1) is 3.31. The Labute approximate surface area is 44.5 Å². The molecule has 1 N–H and O–H groups in total. The Morgan fingerprint density at radius 3 is 2.57 bits per heavy atom. The Kier molecular flexibility index (Phi) is 3.47. The Bertz CT molecular complexity index is 64.7. The van der Waals surface area contributed by atoms with Gasteiger partial charge in [-0.1, -0.05) is 6.82 Å². The third-order valence-corrected chi connectivity index (χ3v) is 0.756. The van der Waals surface area contributed by atoms with Gasteiger partial charge in [-0.05, 0) is 0 Å². The van der Waals surface area contributed by atoms with Crippen molar-refractivity contribution in [2.45, 2.75) is 13.1 Å². The van der Waals surface area contributed by atoms with Gasteiger partial charge in [-0.2, -0.15) is 0 Å². The van der Waals surface area contributed by atoms with Crippen LogP contribution < -0.4 is 5.32 Å². The molecule has 0 saturated carbocycles. The number of rotatable bonds is 2. The molecule has 0 radical (unpaired) electrons. The molecule has 0 rings (SSSR count). The van der Waals surface area contributed by atoms with Crippen LogP contribution in [0.15, 0.2) is 0 Å². The van der Waals surface area contributed by atoms with E-state index in [1.165, 1.54) is 0 Å². The lowest BCUT2D eigenvalue weighted by molar-refractivity contribution is -0.118. The van der Waals surface area contributed by atoms with Crippen LogP contribution in [-0.2, 0) is 4.79 Å². The quantitative estimate of drug-likeness (QED) is 0.470. The van der Waals surface area contributed by atoms with Crippen molar-refractivity contribution in [1.82, 2.24) is 5.32 Å². The summed E-state index contributed by atoms with van der Waals surface area (Å²) in [5.74, 6) is 0.127. The minimum Gasteiger partial charge on any atom is -0.360 e. The van der Waals surface area contributed by atoms with E-state index in [9.17, 15) is 4.79 Å². The Morgan fingerprint density at radius 1 is 1.86 bits per heavy atom. The predicted octanol–water partition coefficient (Wildman–Crippen LogP) is -0.365. The molecule has 0 saturated heterocycles. The van der Waals surface area contributed by atoms with Crippen molar-refractivity contribution in [3.63, 3.8) is 0 Å². The van der Waals surface area contributed by atoms with Gasteiger partial charge in [0.15, 0.2) is 0 Å². The highest BCUT2D eigenvalue weighted by molar-refractivity contribution is 6.39. The lowest BCUT2D eigenvalue weighted by Crippen LogP contribution is -2.17. The fourth-order valence-electron chi connectivity index (χ4n) is 0.352. The van der Waals surface area contributed by atoms with E-state index < -0.39 is 0 Å². The first-order valence-electron chi connectivity index (χ1n) is 2.51. The average Bonchev–Trinajstić information content (AvgIpc) is 1.68. The Morgan fingerprint density at radius 2 is 2.43 bits per heavy atom. The van der Waals surface area contributed by atoms with Gasteiger partial charge in [0.2, 0.25) is 5.91 Å². The summed E-state index contributed by atoms with van der Waals surface area (Å²) in [5, 5.41) is 2.53. The largest absolute Gasteiger partial charge is 0.360 e. The van der Waals surface area contributed by atoms with Crippen LogP contribution in [0.25, 0.3) is 0 Å². The summed E-state index contributed by atoms with van der Waals surface area (Å²) in [6.45, 7) is 1.98. The van der Waals surface area contributed by atoms with Gasteiger partial charge in [0.1, 0.15) is 7.28 Å². The zero-order valence-corrected chi connectivity index (χ0v) is 4.82. The number of nitrogens with one attached hydrogen (secondary N) is 1. The van der Waals surface area contributed by atoms with E-state index in [1.54, 1.807) is 7.05 Å². The van der Waals surface area contributed by atoms with E-state index >= 15 is 0 Å². The highest BCUT2D eigenvalue weighted by Crippen LogP contribution is 1.73. The molecule has 0 fully saturated rings. The van der Waals surface area contributed by atoms with Crippen LogP contribution in [0.2, 0.25) is 13.1 Å². The van der Waals surface area contributed by atoms with Gasteiger partial charge in [0.25, 0.3) is 0 Å². The lowest BCUT2D eigenvalue weighted by atomic mass is 9.78. The third kappa shape index (κ3) is 3.36. The minimum atomic E-state index is 0.127. The van der Waals surface area contributed by atoms with E-state index in [4.69, 9.17) is 0 Å². The summed E-state index contributed by atoms with van der Waals surface area (Å²) in [5.41, 5.74) is 0. The van der Waals surface area contributed by atoms with Crippen LogP contribution >= 0.6 is 0 Å². The molecule has 2 nitrogen and oxygen atoms in total. The Balaban J connectivity index is 3.00. The zero-order valence-electron chi connectivity index (χ0n) is 4.82. The van der Waals surface area contributed by atoms with Gasteiger partial charge in [-0.15, -0.1) is 0 Å². The first-order valence-corrected chi connectivity index (χ1v) is 2.51. The van der Waals surface area contributed by atoms with Gasteiger partial charge < -0.3 is 5.32 Å². The molecule has 0 atom stereocenters. The molecule has 3 heteroatoms. The predicted molar refractivity (Wildman–Crippen MR) is 31.9 cm³/mol. The number of carbonyl (C=O) groups excluding carboxylic acids is 1. The summed E-state index contributed by atoms with van der Waals surface area (Å²) in [4.78, 5) is 10.3. The summed E-state index contributed by atoms with van der Waals surface area (Å²) in [6.07, 6.45) is 0.649. The van der Waals surface area contributed by atoms with Crippen LogP contribution in [0.3, 0.4) is 0 Å². The van der Waals surface area contributed by atoms with Crippen molar-refractivity contribution in [3.8, 4) is 0 Å². The second-order valence-electron chi connectivity index (χ2n) is 1.42. The molecule has 7 heavy (non-hydrogen) atoms. The maximum atomic E-state index is 10.3. The minimum absolute atomic E-state index is 0.127. The van der Waals surface area contributed by atoms with Crippen LogP contribution in [0.4, 0.5) is 0 Å². The molecule has 0 spiro atoms. The van der Waals surface area contributed by atoms with E-state index in [1.807, 2.05) is 6.82 Å². The zero-order chi connectivity index (χ0) is 5.70. The maximum Gasteiger partial charge on any atom is 0.212 e. The highest BCUT2D eigenvalue weighted by Gasteiger charge is 1.91. The lowest BCUT2D eigenvalue weighted by Gasteiger charge is -1.90. The van der Waals surface area contributed by atoms with Crippen molar-refractivity contribution in [2.24, 2.45) is 0 Å². The van der Waals surface area contributed by atoms with Gasteiger partial charge in [-0.3, -0.25) is 4.79 Å². The summed E-state index contributed by atoms with van der Waals surface area (Å²) < 4.78 is 0. The molecule has 0 unspecified atom stereocenters. The molecule has 0 aliphatic rings. The summed E-state index contributed by atoms with van der Waals surface area (Å²) in [6, 6.07) is 0. The number of hydrogen-bond acceptors (Lipinski definition) is 1. The van der Waals surface area contributed by atoms with E-state index in [0.29, 0.717) is 6.32 Å². The van der Waals surface area contributed by atoms with Crippen molar-refractivity contribution in [1.29, 1.82) is 0 Å². The molecule has 0 aliphatic carbocycles. The molecule has 1 amide bonds. The molecule has 40 valence electrons. The fourth-order valence-corrected chi connectivity index (χ4v) is 0.352. The molecule has 0 heterocycles. The van der Waals surface area contributed by atoms with E-state index in [-0.39, 0.29) is 5.91 Å². The second kappa shape index (κ2) is 3.72. The van der Waals surface area contributed by atoms with Crippen molar-refractivity contribution in [2.75, 3.05) is 7.05 Å². The van der Waals surface area contributed by atoms with Crippen LogP contribution in [0, 0.1) is 0 Å². The fraction of sp³-hybridized carbons (Fsp3) is 0.750. The molecule has 0 aromatic rings. The van der Waals surface area contributed by atoms with Gasteiger partial charge in [0.05, 0.1) is 0 Å². The highest BCUT2D eigenvalue weighted by atomic mass is 16.1. The number of hydrogen-bond donors (Lipinski definition) is 1. The van der Waals surface area contributed by atoms with Gasteiger partial charge in [0, 0.05) is 13.4 Å². The van der Waals surface area contributed by atoms with Gasteiger partial charge in [-0.25, -0.2) is 0 Å². The van der Waals surface area contributed by atoms with Crippen LogP contribution in [-0.4, -0.2) is 20.2 Å². The summed E-state index contributed by atoms with van der Waals surface area (Å²) >= 11 is 0. The van der Waals surface area contributed by atoms with Crippen LogP contribution in [0.1, 0.15) is 0 Å². The third-order valence-electron chi connectivity index (χ3n) is 0.756. The maximum absolute atomic E-state index is 10.3. The van der Waals surface area contributed by atoms with Crippen LogP contribution in [0.5, 0.6) is 0 Å². The average molecular weight is 98.9 g/mol. The molecule has 0 aliphatic heterocycles. The standard InChI is InChI=1S/C4H10BNO/c1-5-3-4(7)6-2/h5H,3H2,1-2H3,(H,6,7). The first kappa shape index (κ1) is 6.53. The number of amides is 1. The summed E-state index contributed by atoms with van der Waals surface area (Å²) in [7, 11) is 2.58. The molecule has 0 aromatic heterocycles. The molecular weight excluding hydrogens is 88.9 g/mol. The molecule has 0 aromatic carbocycles. The topological polar surface area (TPSA) is 29.1 Å². The van der Waals surface area contributed by atoms with Gasteiger partial charge >= 0.3 is 0 Å². The Hall–Kier alpha value is -0.465. The second-order valence-corrected chi connectivity index (χ2v) is 1.42. The van der Waals surface area contributed by atoms with E-state index in [2.05, 4.69) is 5.32 Å².